The van der Waals surface area contributed by atoms with E-state index in [9.17, 15) is 14.4 Å². The minimum Gasteiger partial charge on any atom is -0.477 e. The average molecular weight is 384 g/mol. The van der Waals surface area contributed by atoms with Crippen LogP contribution in [0.15, 0.2) is 24.3 Å². The van der Waals surface area contributed by atoms with E-state index in [2.05, 4.69) is 0 Å². The summed E-state index contributed by atoms with van der Waals surface area (Å²) >= 11 is 0. The molecule has 1 unspecified atom stereocenters. The second-order valence-corrected chi connectivity index (χ2v) is 7.95. The molecule has 0 fully saturated rings. The van der Waals surface area contributed by atoms with Crippen LogP contribution < -0.4 is 9.47 Å². The lowest BCUT2D eigenvalue weighted by molar-refractivity contribution is -0.142. The van der Waals surface area contributed by atoms with Crippen LogP contribution in [0.4, 0.5) is 0 Å². The molecule has 6 heteroatoms. The molecule has 0 radical (unpaired) electrons. The van der Waals surface area contributed by atoms with E-state index in [1.807, 2.05) is 12.1 Å². The normalized spacial score (nSPS) is 27.7. The highest BCUT2D eigenvalue weighted by Gasteiger charge is 2.54. The first kappa shape index (κ1) is 18.7. The Labute approximate surface area is 163 Å². The summed E-state index contributed by atoms with van der Waals surface area (Å²) in [6.07, 6.45) is 7.02. The van der Waals surface area contributed by atoms with Crippen molar-refractivity contribution in [3.05, 3.63) is 35.4 Å². The molecule has 1 aromatic rings. The number of carbonyl (C=O) groups excluding carboxylic acids is 3. The smallest absolute Gasteiger partial charge is 0.308 e. The van der Waals surface area contributed by atoms with Gasteiger partial charge in [0.25, 0.3) is 0 Å². The molecule has 28 heavy (non-hydrogen) atoms. The van der Waals surface area contributed by atoms with Crippen LogP contribution in [0.5, 0.6) is 11.5 Å². The molecule has 0 amide bonds. The summed E-state index contributed by atoms with van der Waals surface area (Å²) in [6.45, 7) is 3.15. The lowest BCUT2D eigenvalue weighted by atomic mass is 9.64. The SMILES string of the molecule is CC(=O)OC[C@@H]1CCCC23CC=CC(=O)[C@@H]2Oc2c(OC(C)=O)ccc(c23)C1. The Bertz CT molecular complexity index is 870. The third-order valence-electron chi connectivity index (χ3n) is 5.99. The van der Waals surface area contributed by atoms with E-state index >= 15 is 0 Å². The molecule has 1 aliphatic heterocycles. The van der Waals surface area contributed by atoms with Crippen molar-refractivity contribution in [1.82, 2.24) is 0 Å². The van der Waals surface area contributed by atoms with Crippen LogP contribution in [0, 0.1) is 5.92 Å². The van der Waals surface area contributed by atoms with Gasteiger partial charge in [0.1, 0.15) is 0 Å². The first-order chi connectivity index (χ1) is 13.4. The highest BCUT2D eigenvalue weighted by atomic mass is 16.6. The van der Waals surface area contributed by atoms with Crippen LogP contribution >= 0.6 is 0 Å². The standard InChI is InChI=1S/C22H24O6/c1-13(23)26-12-15-5-3-9-22-10-4-6-17(25)21(22)28-20-18(27-14(2)24)8-7-16(11-15)19(20)22/h4,6-8,15,21H,3,5,9-12H2,1-2H3/t15-,21+,22?/m1/s1. The topological polar surface area (TPSA) is 78.9 Å². The summed E-state index contributed by atoms with van der Waals surface area (Å²) < 4.78 is 16.8. The van der Waals surface area contributed by atoms with Gasteiger partial charge in [-0.2, -0.15) is 0 Å². The average Bonchev–Trinajstić information content (AvgIpc) is 2.96. The minimum atomic E-state index is -0.576. The van der Waals surface area contributed by atoms with Gasteiger partial charge in [0.2, 0.25) is 0 Å². The summed E-state index contributed by atoms with van der Waals surface area (Å²) in [5, 5.41) is 0. The summed E-state index contributed by atoms with van der Waals surface area (Å²) in [7, 11) is 0. The Morgan fingerprint density at radius 3 is 2.82 bits per heavy atom. The summed E-state index contributed by atoms with van der Waals surface area (Å²) in [5.41, 5.74) is 1.65. The molecule has 1 spiro atoms. The second kappa shape index (κ2) is 7.08. The van der Waals surface area contributed by atoms with Gasteiger partial charge in [-0.05, 0) is 49.3 Å². The molecule has 148 valence electrons. The highest BCUT2D eigenvalue weighted by Crippen LogP contribution is 2.56. The number of allylic oxidation sites excluding steroid dienone is 1. The Hall–Kier alpha value is -2.63. The van der Waals surface area contributed by atoms with Crippen molar-refractivity contribution < 1.29 is 28.6 Å². The first-order valence-corrected chi connectivity index (χ1v) is 9.76. The Kier molecular flexibility index (Phi) is 4.73. The third-order valence-corrected chi connectivity index (χ3v) is 5.99. The molecule has 3 atom stereocenters. The van der Waals surface area contributed by atoms with Crippen molar-refractivity contribution in [2.45, 2.75) is 57.5 Å². The number of carbonyl (C=O) groups is 3. The molecule has 1 aromatic carbocycles. The zero-order valence-electron chi connectivity index (χ0n) is 16.2. The van der Waals surface area contributed by atoms with E-state index in [4.69, 9.17) is 14.2 Å². The molecule has 0 saturated heterocycles. The molecule has 0 N–H and O–H groups in total. The fourth-order valence-electron chi connectivity index (χ4n) is 4.90. The van der Waals surface area contributed by atoms with Crippen molar-refractivity contribution in [3.8, 4) is 11.5 Å². The van der Waals surface area contributed by atoms with Crippen molar-refractivity contribution in [2.24, 2.45) is 5.92 Å². The number of rotatable bonds is 3. The maximum absolute atomic E-state index is 12.6. The lowest BCUT2D eigenvalue weighted by Gasteiger charge is -2.37. The Morgan fingerprint density at radius 1 is 1.25 bits per heavy atom. The molecular weight excluding hydrogens is 360 g/mol. The van der Waals surface area contributed by atoms with Crippen molar-refractivity contribution in [3.63, 3.8) is 0 Å². The number of esters is 2. The van der Waals surface area contributed by atoms with Gasteiger partial charge >= 0.3 is 11.9 Å². The molecule has 2 aliphatic carbocycles. The van der Waals surface area contributed by atoms with E-state index in [1.165, 1.54) is 13.8 Å². The largest absolute Gasteiger partial charge is 0.477 e. The molecular formula is C22H24O6. The second-order valence-electron chi connectivity index (χ2n) is 7.95. The van der Waals surface area contributed by atoms with Crippen LogP contribution in [-0.2, 0) is 31.0 Å². The minimum absolute atomic E-state index is 0.0424. The fourth-order valence-corrected chi connectivity index (χ4v) is 4.90. The van der Waals surface area contributed by atoms with Gasteiger partial charge in [-0.25, -0.2) is 0 Å². The van der Waals surface area contributed by atoms with Gasteiger partial charge in [0.05, 0.1) is 6.61 Å². The van der Waals surface area contributed by atoms with E-state index in [-0.39, 0.29) is 17.7 Å². The van der Waals surface area contributed by atoms with Gasteiger partial charge in [0, 0.05) is 24.8 Å². The first-order valence-electron chi connectivity index (χ1n) is 9.76. The monoisotopic (exact) mass is 384 g/mol. The molecule has 0 saturated carbocycles. The predicted molar refractivity (Wildman–Crippen MR) is 100 cm³/mol. The maximum Gasteiger partial charge on any atom is 0.308 e. The molecule has 4 rings (SSSR count). The van der Waals surface area contributed by atoms with Gasteiger partial charge in [-0.1, -0.05) is 18.6 Å². The third kappa shape index (κ3) is 3.11. The zero-order valence-corrected chi connectivity index (χ0v) is 16.2. The molecule has 6 nitrogen and oxygen atoms in total. The van der Waals surface area contributed by atoms with Gasteiger partial charge in [-0.15, -0.1) is 0 Å². The number of ketones is 1. The number of hydrogen-bond acceptors (Lipinski definition) is 6. The molecule has 0 bridgehead atoms. The quantitative estimate of drug-likeness (QED) is 0.589. The van der Waals surface area contributed by atoms with E-state index in [0.29, 0.717) is 18.1 Å². The summed E-state index contributed by atoms with van der Waals surface area (Å²) in [6, 6.07) is 3.70. The van der Waals surface area contributed by atoms with Crippen LogP contribution in [0.2, 0.25) is 0 Å². The van der Waals surface area contributed by atoms with Gasteiger partial charge in [-0.3, -0.25) is 14.4 Å². The van der Waals surface area contributed by atoms with E-state index in [0.717, 1.165) is 43.2 Å². The fraction of sp³-hybridized carbons (Fsp3) is 0.500. The van der Waals surface area contributed by atoms with Crippen LogP contribution in [0.1, 0.15) is 50.7 Å². The van der Waals surface area contributed by atoms with E-state index in [1.54, 1.807) is 12.1 Å². The summed E-state index contributed by atoms with van der Waals surface area (Å²) in [4.78, 5) is 35.4. The number of hydrogen-bond donors (Lipinski definition) is 0. The lowest BCUT2D eigenvalue weighted by Crippen LogP contribution is -2.46. The summed E-state index contributed by atoms with van der Waals surface area (Å²) in [5.74, 6) is 0.345. The van der Waals surface area contributed by atoms with Crippen LogP contribution in [-0.4, -0.2) is 30.4 Å². The number of ether oxygens (including phenoxy) is 3. The number of benzene rings is 1. The Balaban J connectivity index is 1.79. The van der Waals surface area contributed by atoms with Crippen molar-refractivity contribution >= 4 is 17.7 Å². The molecule has 0 aromatic heterocycles. The molecule has 3 aliphatic rings. The zero-order chi connectivity index (χ0) is 19.9. The van der Waals surface area contributed by atoms with Gasteiger partial charge in [0.15, 0.2) is 23.4 Å². The highest BCUT2D eigenvalue weighted by molar-refractivity contribution is 5.97. The molecule has 1 heterocycles. The van der Waals surface area contributed by atoms with Gasteiger partial charge < -0.3 is 14.2 Å². The van der Waals surface area contributed by atoms with Crippen LogP contribution in [0.3, 0.4) is 0 Å². The Morgan fingerprint density at radius 2 is 2.07 bits per heavy atom. The predicted octanol–water partition coefficient (Wildman–Crippen LogP) is 3.05. The van der Waals surface area contributed by atoms with Crippen LogP contribution in [0.25, 0.3) is 0 Å². The van der Waals surface area contributed by atoms with Crippen molar-refractivity contribution in [2.75, 3.05) is 6.61 Å². The van der Waals surface area contributed by atoms with Crippen molar-refractivity contribution in [1.29, 1.82) is 0 Å². The van der Waals surface area contributed by atoms with E-state index < -0.39 is 17.5 Å². The maximum atomic E-state index is 12.6.